The molecule has 0 aromatic heterocycles. The fourth-order valence-corrected chi connectivity index (χ4v) is 1.71. The lowest BCUT2D eigenvalue weighted by atomic mass is 10.1. The van der Waals surface area contributed by atoms with E-state index in [0.29, 0.717) is 6.42 Å². The lowest BCUT2D eigenvalue weighted by Crippen LogP contribution is -2.04. The van der Waals surface area contributed by atoms with Crippen molar-refractivity contribution in [2.45, 2.75) is 12.8 Å². The quantitative estimate of drug-likeness (QED) is 0.717. The molecule has 2 rings (SSSR count). The lowest BCUT2D eigenvalue weighted by Gasteiger charge is -2.03. The van der Waals surface area contributed by atoms with E-state index in [0.717, 1.165) is 18.5 Å². The highest BCUT2D eigenvalue weighted by molar-refractivity contribution is 5.73. The Balaban J connectivity index is 2.16. The molecule has 3 nitrogen and oxygen atoms in total. The number of carbonyl (C=O) groups is 1. The van der Waals surface area contributed by atoms with Crippen molar-refractivity contribution >= 4 is 11.7 Å². The average molecular weight is 191 g/mol. The van der Waals surface area contributed by atoms with Crippen molar-refractivity contribution in [3.8, 4) is 0 Å². The van der Waals surface area contributed by atoms with Crippen LogP contribution in [-0.2, 0) is 22.4 Å². The van der Waals surface area contributed by atoms with Gasteiger partial charge >= 0.3 is 5.97 Å². The minimum atomic E-state index is -0.184. The number of hydrogen-bond acceptors (Lipinski definition) is 3. The zero-order chi connectivity index (χ0) is 9.97. The Morgan fingerprint density at radius 1 is 1.57 bits per heavy atom. The molecule has 0 aliphatic carbocycles. The SMILES string of the molecule is COC(=O)Cc1ccc2c(c1)CCN2. The van der Waals surface area contributed by atoms with Gasteiger partial charge in [0.2, 0.25) is 0 Å². The highest BCUT2D eigenvalue weighted by atomic mass is 16.5. The topological polar surface area (TPSA) is 38.3 Å². The van der Waals surface area contributed by atoms with Crippen molar-refractivity contribution in [2.75, 3.05) is 19.0 Å². The van der Waals surface area contributed by atoms with Gasteiger partial charge in [-0.1, -0.05) is 12.1 Å². The van der Waals surface area contributed by atoms with Crippen LogP contribution in [0.3, 0.4) is 0 Å². The summed E-state index contributed by atoms with van der Waals surface area (Å²) in [4.78, 5) is 11.0. The summed E-state index contributed by atoms with van der Waals surface area (Å²) >= 11 is 0. The lowest BCUT2D eigenvalue weighted by molar-refractivity contribution is -0.139. The maximum absolute atomic E-state index is 11.0. The van der Waals surface area contributed by atoms with E-state index in [1.807, 2.05) is 12.1 Å². The van der Waals surface area contributed by atoms with Gasteiger partial charge in [0, 0.05) is 12.2 Å². The molecule has 0 amide bonds. The van der Waals surface area contributed by atoms with Gasteiger partial charge in [-0.3, -0.25) is 4.79 Å². The van der Waals surface area contributed by atoms with E-state index < -0.39 is 0 Å². The minimum absolute atomic E-state index is 0.184. The van der Waals surface area contributed by atoms with Crippen molar-refractivity contribution in [3.05, 3.63) is 29.3 Å². The number of fused-ring (bicyclic) bond motifs is 1. The first kappa shape index (κ1) is 9.06. The normalized spacial score (nSPS) is 13.2. The molecule has 74 valence electrons. The Labute approximate surface area is 83.1 Å². The summed E-state index contributed by atoms with van der Waals surface area (Å²) in [6.45, 7) is 0.997. The van der Waals surface area contributed by atoms with Crippen molar-refractivity contribution in [1.29, 1.82) is 0 Å². The molecule has 1 N–H and O–H groups in total. The van der Waals surface area contributed by atoms with E-state index in [2.05, 4.69) is 16.1 Å². The van der Waals surface area contributed by atoms with Gasteiger partial charge in [-0.05, 0) is 23.6 Å². The second kappa shape index (κ2) is 3.70. The molecule has 1 aliphatic heterocycles. The second-order valence-corrected chi connectivity index (χ2v) is 3.42. The number of ether oxygens (including phenoxy) is 1. The van der Waals surface area contributed by atoms with Crippen molar-refractivity contribution < 1.29 is 9.53 Å². The number of benzene rings is 1. The van der Waals surface area contributed by atoms with E-state index in [-0.39, 0.29) is 5.97 Å². The van der Waals surface area contributed by atoms with Gasteiger partial charge < -0.3 is 10.1 Å². The van der Waals surface area contributed by atoms with E-state index in [4.69, 9.17) is 0 Å². The Hall–Kier alpha value is -1.51. The first-order valence-corrected chi connectivity index (χ1v) is 4.72. The van der Waals surface area contributed by atoms with Gasteiger partial charge in [-0.2, -0.15) is 0 Å². The number of esters is 1. The Morgan fingerprint density at radius 2 is 2.43 bits per heavy atom. The number of anilines is 1. The molecule has 0 saturated heterocycles. The minimum Gasteiger partial charge on any atom is -0.469 e. The first-order valence-electron chi connectivity index (χ1n) is 4.72. The largest absolute Gasteiger partial charge is 0.469 e. The number of hydrogen-bond donors (Lipinski definition) is 1. The molecule has 0 bridgehead atoms. The van der Waals surface area contributed by atoms with Crippen molar-refractivity contribution in [2.24, 2.45) is 0 Å². The third-order valence-electron chi connectivity index (χ3n) is 2.46. The smallest absolute Gasteiger partial charge is 0.309 e. The van der Waals surface area contributed by atoms with Gasteiger partial charge in [0.1, 0.15) is 0 Å². The molecule has 14 heavy (non-hydrogen) atoms. The van der Waals surface area contributed by atoms with Crippen LogP contribution in [0.15, 0.2) is 18.2 Å². The van der Waals surface area contributed by atoms with Crippen LogP contribution in [0.5, 0.6) is 0 Å². The third kappa shape index (κ3) is 1.71. The van der Waals surface area contributed by atoms with Crippen LogP contribution in [0.2, 0.25) is 0 Å². The predicted octanol–water partition coefficient (Wildman–Crippen LogP) is 1.37. The molecule has 0 radical (unpaired) electrons. The zero-order valence-electron chi connectivity index (χ0n) is 8.17. The fraction of sp³-hybridized carbons (Fsp3) is 0.364. The molecule has 1 heterocycles. The monoisotopic (exact) mass is 191 g/mol. The molecule has 3 heteroatoms. The Morgan fingerprint density at radius 3 is 3.21 bits per heavy atom. The summed E-state index contributed by atoms with van der Waals surface area (Å²) in [5, 5.41) is 3.28. The van der Waals surface area contributed by atoms with Crippen LogP contribution in [0.1, 0.15) is 11.1 Å². The van der Waals surface area contributed by atoms with E-state index in [1.165, 1.54) is 18.4 Å². The third-order valence-corrected chi connectivity index (χ3v) is 2.46. The van der Waals surface area contributed by atoms with Crippen LogP contribution in [-0.4, -0.2) is 19.6 Å². The van der Waals surface area contributed by atoms with E-state index in [1.54, 1.807) is 0 Å². The molecule has 0 saturated carbocycles. The highest BCUT2D eigenvalue weighted by Gasteiger charge is 2.11. The first-order chi connectivity index (χ1) is 6.79. The number of nitrogens with one attached hydrogen (secondary N) is 1. The highest BCUT2D eigenvalue weighted by Crippen LogP contribution is 2.23. The van der Waals surface area contributed by atoms with Gasteiger partial charge in [0.25, 0.3) is 0 Å². The molecular weight excluding hydrogens is 178 g/mol. The number of rotatable bonds is 2. The molecule has 0 spiro atoms. The second-order valence-electron chi connectivity index (χ2n) is 3.42. The molecule has 0 unspecified atom stereocenters. The Bertz CT molecular complexity index is 360. The van der Waals surface area contributed by atoms with E-state index >= 15 is 0 Å². The summed E-state index contributed by atoms with van der Waals surface area (Å²) in [7, 11) is 1.41. The van der Waals surface area contributed by atoms with Gasteiger partial charge in [-0.15, -0.1) is 0 Å². The summed E-state index contributed by atoms with van der Waals surface area (Å²) in [6, 6.07) is 6.07. The van der Waals surface area contributed by atoms with Gasteiger partial charge in [-0.25, -0.2) is 0 Å². The molecule has 0 fully saturated rings. The molecular formula is C11H13NO2. The fourth-order valence-electron chi connectivity index (χ4n) is 1.71. The zero-order valence-corrected chi connectivity index (χ0v) is 8.17. The van der Waals surface area contributed by atoms with E-state index in [9.17, 15) is 4.79 Å². The van der Waals surface area contributed by atoms with Crippen LogP contribution in [0.25, 0.3) is 0 Å². The summed E-state index contributed by atoms with van der Waals surface area (Å²) in [5.74, 6) is -0.184. The summed E-state index contributed by atoms with van der Waals surface area (Å²) in [5.41, 5.74) is 3.52. The molecule has 1 aliphatic rings. The van der Waals surface area contributed by atoms with Crippen molar-refractivity contribution in [3.63, 3.8) is 0 Å². The van der Waals surface area contributed by atoms with Gasteiger partial charge in [0.05, 0.1) is 13.5 Å². The van der Waals surface area contributed by atoms with Crippen LogP contribution in [0, 0.1) is 0 Å². The summed E-state index contributed by atoms with van der Waals surface area (Å²) in [6.07, 6.45) is 1.41. The number of carbonyl (C=O) groups excluding carboxylic acids is 1. The standard InChI is InChI=1S/C11H13NO2/c1-14-11(13)7-8-2-3-10-9(6-8)4-5-12-10/h2-3,6,12H,4-5,7H2,1H3. The predicted molar refractivity (Wildman–Crippen MR) is 54.4 cm³/mol. The molecule has 1 aromatic carbocycles. The van der Waals surface area contributed by atoms with Crippen LogP contribution in [0.4, 0.5) is 5.69 Å². The molecule has 0 atom stereocenters. The maximum Gasteiger partial charge on any atom is 0.309 e. The van der Waals surface area contributed by atoms with Crippen molar-refractivity contribution in [1.82, 2.24) is 0 Å². The average Bonchev–Trinajstić information content (AvgIpc) is 2.64. The maximum atomic E-state index is 11.0. The Kier molecular flexibility index (Phi) is 2.39. The van der Waals surface area contributed by atoms with Gasteiger partial charge in [0.15, 0.2) is 0 Å². The van der Waals surface area contributed by atoms with Crippen LogP contribution < -0.4 is 5.32 Å². The number of methoxy groups -OCH3 is 1. The van der Waals surface area contributed by atoms with Crippen LogP contribution >= 0.6 is 0 Å². The summed E-state index contributed by atoms with van der Waals surface area (Å²) < 4.78 is 4.62. The molecule has 1 aromatic rings.